The first-order chi connectivity index (χ1) is 14.1. The van der Waals surface area contributed by atoms with Crippen LogP contribution in [0.25, 0.3) is 0 Å². The van der Waals surface area contributed by atoms with Gasteiger partial charge in [0, 0.05) is 29.4 Å². The highest BCUT2D eigenvalue weighted by Gasteiger charge is 2.23. The summed E-state index contributed by atoms with van der Waals surface area (Å²) in [6.45, 7) is 0. The molecule has 0 radical (unpaired) electrons. The monoisotopic (exact) mass is 390 g/mol. The van der Waals surface area contributed by atoms with Crippen molar-refractivity contribution in [3.8, 4) is 11.5 Å². The van der Waals surface area contributed by atoms with E-state index in [1.54, 1.807) is 54.6 Å². The molecule has 2 amide bonds. The van der Waals surface area contributed by atoms with Gasteiger partial charge in [0.2, 0.25) is 0 Å². The topological polar surface area (TPSA) is 76.7 Å². The van der Waals surface area contributed by atoms with Crippen molar-refractivity contribution >= 4 is 17.5 Å². The van der Waals surface area contributed by atoms with Crippen LogP contribution in [0.5, 0.6) is 11.5 Å². The Hall–Kier alpha value is -3.80. The molecule has 0 fully saturated rings. The van der Waals surface area contributed by atoms with Gasteiger partial charge < -0.3 is 20.1 Å². The largest absolute Gasteiger partial charge is 0.497 e. The first kappa shape index (κ1) is 19.9. The van der Waals surface area contributed by atoms with Crippen LogP contribution in [-0.4, -0.2) is 26.0 Å². The van der Waals surface area contributed by atoms with Crippen molar-refractivity contribution in [1.82, 2.24) is 5.32 Å². The fourth-order valence-electron chi connectivity index (χ4n) is 2.84. The summed E-state index contributed by atoms with van der Waals surface area (Å²) in [5.74, 6) is 0.377. The molecule has 0 heterocycles. The van der Waals surface area contributed by atoms with Crippen LogP contribution in [0.3, 0.4) is 0 Å². The van der Waals surface area contributed by atoms with Gasteiger partial charge in [0.25, 0.3) is 11.8 Å². The van der Waals surface area contributed by atoms with Crippen molar-refractivity contribution in [2.75, 3.05) is 19.5 Å². The summed E-state index contributed by atoms with van der Waals surface area (Å²) in [6.07, 6.45) is 0. The summed E-state index contributed by atoms with van der Waals surface area (Å²) in [5.41, 5.74) is 1.65. The Morgan fingerprint density at radius 1 is 0.793 bits per heavy atom. The summed E-state index contributed by atoms with van der Waals surface area (Å²) < 4.78 is 10.5. The molecule has 3 rings (SSSR count). The lowest BCUT2D eigenvalue weighted by atomic mass is 10.0. The Morgan fingerprint density at radius 3 is 1.90 bits per heavy atom. The van der Waals surface area contributed by atoms with Crippen LogP contribution in [-0.2, 0) is 4.79 Å². The lowest BCUT2D eigenvalue weighted by molar-refractivity contribution is -0.118. The van der Waals surface area contributed by atoms with Crippen LogP contribution in [0.15, 0.2) is 78.9 Å². The van der Waals surface area contributed by atoms with E-state index < -0.39 is 6.04 Å². The molecule has 0 aliphatic rings. The Morgan fingerprint density at radius 2 is 1.34 bits per heavy atom. The van der Waals surface area contributed by atoms with Gasteiger partial charge >= 0.3 is 0 Å². The van der Waals surface area contributed by atoms with Gasteiger partial charge in [0.1, 0.15) is 17.5 Å². The quantitative estimate of drug-likeness (QED) is 0.643. The molecule has 6 heteroatoms. The molecule has 0 aliphatic carbocycles. The second-order valence-electron chi connectivity index (χ2n) is 6.27. The molecular formula is C23H22N2O4. The highest BCUT2D eigenvalue weighted by molar-refractivity contribution is 6.01. The van der Waals surface area contributed by atoms with E-state index in [4.69, 9.17) is 9.47 Å². The third kappa shape index (κ3) is 5.13. The van der Waals surface area contributed by atoms with E-state index >= 15 is 0 Å². The zero-order valence-electron chi connectivity index (χ0n) is 16.2. The van der Waals surface area contributed by atoms with Gasteiger partial charge in [-0.3, -0.25) is 9.59 Å². The van der Waals surface area contributed by atoms with E-state index in [0.717, 1.165) is 0 Å². The minimum absolute atomic E-state index is 0.335. The zero-order chi connectivity index (χ0) is 20.6. The highest BCUT2D eigenvalue weighted by atomic mass is 16.5. The predicted octanol–water partition coefficient (Wildman–Crippen LogP) is 3.81. The molecule has 0 saturated carbocycles. The zero-order valence-corrected chi connectivity index (χ0v) is 16.2. The van der Waals surface area contributed by atoms with E-state index in [-0.39, 0.29) is 11.8 Å². The number of anilines is 1. The summed E-state index contributed by atoms with van der Waals surface area (Å²) >= 11 is 0. The number of ether oxygens (including phenoxy) is 2. The normalized spacial score (nSPS) is 11.2. The molecule has 3 aromatic rings. The molecule has 148 valence electrons. The number of carbonyl (C=O) groups excluding carboxylic acids is 2. The minimum Gasteiger partial charge on any atom is -0.497 e. The number of rotatable bonds is 7. The first-order valence-corrected chi connectivity index (χ1v) is 9.05. The maximum absolute atomic E-state index is 13.1. The SMILES string of the molecule is COc1cc(NC(=O)C(NC(=O)c2ccccc2)c2ccccc2)cc(OC)c1. The Kier molecular flexibility index (Phi) is 6.47. The molecule has 1 atom stereocenters. The highest BCUT2D eigenvalue weighted by Crippen LogP contribution is 2.27. The molecule has 0 bridgehead atoms. The van der Waals surface area contributed by atoms with Crippen molar-refractivity contribution in [2.24, 2.45) is 0 Å². The Balaban J connectivity index is 1.86. The van der Waals surface area contributed by atoms with Crippen LogP contribution in [0, 0.1) is 0 Å². The van der Waals surface area contributed by atoms with Gasteiger partial charge in [-0.15, -0.1) is 0 Å². The summed E-state index contributed by atoms with van der Waals surface area (Å²) in [6, 6.07) is 22.0. The van der Waals surface area contributed by atoms with Crippen molar-refractivity contribution in [1.29, 1.82) is 0 Å². The number of amides is 2. The van der Waals surface area contributed by atoms with E-state index in [1.165, 1.54) is 14.2 Å². The molecule has 1 unspecified atom stereocenters. The molecule has 3 aromatic carbocycles. The average Bonchev–Trinajstić information content (AvgIpc) is 2.78. The van der Waals surface area contributed by atoms with Crippen LogP contribution in [0.2, 0.25) is 0 Å². The molecule has 6 nitrogen and oxygen atoms in total. The van der Waals surface area contributed by atoms with Crippen molar-refractivity contribution in [2.45, 2.75) is 6.04 Å². The summed E-state index contributed by atoms with van der Waals surface area (Å²) in [4.78, 5) is 25.7. The first-order valence-electron chi connectivity index (χ1n) is 9.05. The lowest BCUT2D eigenvalue weighted by Crippen LogP contribution is -2.37. The summed E-state index contributed by atoms with van der Waals surface area (Å²) in [7, 11) is 3.07. The van der Waals surface area contributed by atoms with Crippen LogP contribution >= 0.6 is 0 Å². The number of hydrogen-bond acceptors (Lipinski definition) is 4. The third-order valence-corrected chi connectivity index (χ3v) is 4.33. The Bertz CT molecular complexity index is 952. The molecule has 0 spiro atoms. The lowest BCUT2D eigenvalue weighted by Gasteiger charge is -2.19. The Labute approximate surface area is 169 Å². The van der Waals surface area contributed by atoms with Gasteiger partial charge in [0.15, 0.2) is 0 Å². The molecule has 0 saturated heterocycles. The maximum atomic E-state index is 13.1. The fourth-order valence-corrected chi connectivity index (χ4v) is 2.84. The number of methoxy groups -OCH3 is 2. The van der Waals surface area contributed by atoms with Gasteiger partial charge in [0.05, 0.1) is 14.2 Å². The van der Waals surface area contributed by atoms with Crippen LogP contribution < -0.4 is 20.1 Å². The van der Waals surface area contributed by atoms with Crippen molar-refractivity contribution in [3.63, 3.8) is 0 Å². The van der Waals surface area contributed by atoms with Gasteiger partial charge in [-0.05, 0) is 17.7 Å². The number of benzene rings is 3. The number of nitrogens with one attached hydrogen (secondary N) is 2. The van der Waals surface area contributed by atoms with Crippen molar-refractivity contribution < 1.29 is 19.1 Å². The molecule has 29 heavy (non-hydrogen) atoms. The van der Waals surface area contributed by atoms with Crippen LogP contribution in [0.1, 0.15) is 22.0 Å². The number of carbonyl (C=O) groups is 2. The van der Waals surface area contributed by atoms with E-state index in [9.17, 15) is 9.59 Å². The third-order valence-electron chi connectivity index (χ3n) is 4.33. The fraction of sp³-hybridized carbons (Fsp3) is 0.130. The van der Waals surface area contributed by atoms with E-state index in [1.807, 2.05) is 24.3 Å². The molecule has 0 aliphatic heterocycles. The van der Waals surface area contributed by atoms with Crippen LogP contribution in [0.4, 0.5) is 5.69 Å². The molecule has 2 N–H and O–H groups in total. The van der Waals surface area contributed by atoms with Gasteiger partial charge in [-0.25, -0.2) is 0 Å². The molecule has 0 aromatic heterocycles. The average molecular weight is 390 g/mol. The maximum Gasteiger partial charge on any atom is 0.252 e. The van der Waals surface area contributed by atoms with E-state index in [2.05, 4.69) is 10.6 Å². The molecular weight excluding hydrogens is 368 g/mol. The second kappa shape index (κ2) is 9.41. The summed E-state index contributed by atoms with van der Waals surface area (Å²) in [5, 5.41) is 5.65. The smallest absolute Gasteiger partial charge is 0.252 e. The number of hydrogen-bond donors (Lipinski definition) is 2. The van der Waals surface area contributed by atoms with Gasteiger partial charge in [-0.1, -0.05) is 48.5 Å². The predicted molar refractivity (Wildman–Crippen MR) is 111 cm³/mol. The van der Waals surface area contributed by atoms with Crippen molar-refractivity contribution in [3.05, 3.63) is 90.0 Å². The minimum atomic E-state index is -0.874. The standard InChI is InChI=1S/C23H22N2O4/c1-28-19-13-18(14-20(15-19)29-2)24-23(27)21(16-9-5-3-6-10-16)25-22(26)17-11-7-4-8-12-17/h3-15,21H,1-2H3,(H,24,27)(H,25,26). The second-order valence-corrected chi connectivity index (χ2v) is 6.27. The van der Waals surface area contributed by atoms with Gasteiger partial charge in [-0.2, -0.15) is 0 Å². The van der Waals surface area contributed by atoms with E-state index in [0.29, 0.717) is 28.3 Å².